The topological polar surface area (TPSA) is 55.8 Å². The van der Waals surface area contributed by atoms with Gasteiger partial charge in [0.15, 0.2) is 5.79 Å². The number of carboxylic acid groups (broad SMARTS) is 1. The maximum atomic E-state index is 12.1. The molecule has 6 rings (SSSR count). The predicted molar refractivity (Wildman–Crippen MR) is 146 cm³/mol. The number of hydrogen-bond donors (Lipinski definition) is 1. The number of rotatable bonds is 5. The van der Waals surface area contributed by atoms with Crippen LogP contribution in [-0.2, 0) is 14.3 Å². The maximum Gasteiger partial charge on any atom is 0.306 e. The molecule has 2 saturated heterocycles. The van der Waals surface area contributed by atoms with Crippen LogP contribution in [-0.4, -0.2) is 29.6 Å². The summed E-state index contributed by atoms with van der Waals surface area (Å²) in [7, 11) is 0. The zero-order valence-electron chi connectivity index (χ0n) is 24.1. The molecule has 0 aromatic carbocycles. The number of unbranched alkanes of at least 4 members (excludes halogenated alkanes) is 1. The molecule has 0 bridgehead atoms. The Morgan fingerprint density at radius 3 is 2.65 bits per heavy atom. The first-order chi connectivity index (χ1) is 17.6. The average Bonchev–Trinajstić information content (AvgIpc) is 3.31. The monoisotopic (exact) mass is 512 g/mol. The van der Waals surface area contributed by atoms with Crippen LogP contribution in [0.15, 0.2) is 11.6 Å². The van der Waals surface area contributed by atoms with E-state index < -0.39 is 5.97 Å². The lowest BCUT2D eigenvalue weighted by Gasteiger charge is -2.59. The van der Waals surface area contributed by atoms with Crippen LogP contribution in [0.1, 0.15) is 112 Å². The number of allylic oxidation sites excluding steroid dienone is 2. The molecule has 4 unspecified atom stereocenters. The summed E-state index contributed by atoms with van der Waals surface area (Å²) in [6, 6.07) is 0. The second kappa shape index (κ2) is 9.36. The van der Waals surface area contributed by atoms with E-state index in [2.05, 4.69) is 40.7 Å². The third-order valence-corrected chi connectivity index (χ3v) is 13.2. The lowest BCUT2D eigenvalue weighted by Crippen LogP contribution is -2.52. The largest absolute Gasteiger partial charge is 0.481 e. The van der Waals surface area contributed by atoms with Crippen molar-refractivity contribution in [2.45, 2.75) is 124 Å². The molecule has 0 amide bonds. The Balaban J connectivity index is 1.21. The molecule has 12 atom stereocenters. The Morgan fingerprint density at radius 2 is 1.95 bits per heavy atom. The van der Waals surface area contributed by atoms with Gasteiger partial charge in [-0.15, -0.1) is 0 Å². The van der Waals surface area contributed by atoms with Crippen molar-refractivity contribution in [1.29, 1.82) is 0 Å². The first-order valence-corrected chi connectivity index (χ1v) is 15.9. The van der Waals surface area contributed by atoms with Crippen LogP contribution >= 0.6 is 0 Å². The fourth-order valence-corrected chi connectivity index (χ4v) is 11.0. The molecule has 3 saturated carbocycles. The fraction of sp³-hybridized carbons (Fsp3) is 0.909. The van der Waals surface area contributed by atoms with Crippen LogP contribution in [0, 0.1) is 58.2 Å². The van der Waals surface area contributed by atoms with Gasteiger partial charge in [-0.05, 0) is 104 Å². The molecule has 4 aliphatic carbocycles. The molecule has 2 heterocycles. The van der Waals surface area contributed by atoms with Crippen molar-refractivity contribution in [3.8, 4) is 0 Å². The van der Waals surface area contributed by atoms with Crippen molar-refractivity contribution >= 4 is 5.97 Å². The lowest BCUT2D eigenvalue weighted by atomic mass is 9.46. The van der Waals surface area contributed by atoms with Gasteiger partial charge in [0.05, 0.1) is 18.6 Å². The molecule has 4 heteroatoms. The Kier molecular flexibility index (Phi) is 6.67. The summed E-state index contributed by atoms with van der Waals surface area (Å²) in [5.41, 5.74) is 2.24. The molecule has 2 aliphatic heterocycles. The van der Waals surface area contributed by atoms with E-state index in [4.69, 9.17) is 9.47 Å². The number of hydrogen-bond acceptors (Lipinski definition) is 3. The second-order valence-electron chi connectivity index (χ2n) is 14.9. The van der Waals surface area contributed by atoms with Gasteiger partial charge in [-0.1, -0.05) is 59.1 Å². The summed E-state index contributed by atoms with van der Waals surface area (Å²) in [5, 5.41) is 10.00. The molecular weight excluding hydrogens is 460 g/mol. The molecule has 5 fully saturated rings. The second-order valence-corrected chi connectivity index (χ2v) is 14.9. The van der Waals surface area contributed by atoms with Gasteiger partial charge in [0.2, 0.25) is 0 Å². The van der Waals surface area contributed by atoms with Crippen LogP contribution in [0.2, 0.25) is 0 Å². The van der Waals surface area contributed by atoms with E-state index in [0.717, 1.165) is 62.9 Å². The van der Waals surface area contributed by atoms with Gasteiger partial charge in [-0.2, -0.15) is 0 Å². The van der Waals surface area contributed by atoms with Gasteiger partial charge in [0.1, 0.15) is 0 Å². The van der Waals surface area contributed by atoms with E-state index in [0.29, 0.717) is 35.2 Å². The highest BCUT2D eigenvalue weighted by Gasteiger charge is 2.68. The molecule has 208 valence electrons. The number of carbonyl (C=O) groups is 1. The summed E-state index contributed by atoms with van der Waals surface area (Å²) in [4.78, 5) is 12.1. The number of carboxylic acids is 1. The lowest BCUT2D eigenvalue weighted by molar-refractivity contribution is -0.272. The maximum absolute atomic E-state index is 12.1. The Labute approximate surface area is 225 Å². The van der Waals surface area contributed by atoms with Gasteiger partial charge in [-0.3, -0.25) is 4.79 Å². The van der Waals surface area contributed by atoms with Crippen LogP contribution in [0.3, 0.4) is 0 Å². The number of aliphatic carboxylic acids is 1. The van der Waals surface area contributed by atoms with E-state index in [1.165, 1.54) is 38.5 Å². The molecule has 0 aromatic rings. The highest BCUT2D eigenvalue weighted by Crippen LogP contribution is 2.71. The zero-order chi connectivity index (χ0) is 26.2. The molecular formula is C33H52O4. The van der Waals surface area contributed by atoms with Crippen LogP contribution in [0.25, 0.3) is 0 Å². The predicted octanol–water partition coefficient (Wildman–Crippen LogP) is 7.86. The standard InChI is InChI=1S/C33H52O4/c1-6-7-8-24(30(34)35)22-12-14-31(4)23(17-22)9-10-25-26(31)13-15-32(5)27(25)18-28-29(32)21(3)33(37-28)16-11-20(2)19-36-33/h9,20-22,24-29H,6-8,10-19H2,1-5H3,(H,34,35)/t20-,21+,22+,24?,25?,26?,27?,28+,29+,31+,32+,33-/m1/s1. The van der Waals surface area contributed by atoms with E-state index in [9.17, 15) is 9.90 Å². The number of fused-ring (bicyclic) bond motifs is 7. The highest BCUT2D eigenvalue weighted by atomic mass is 16.7. The summed E-state index contributed by atoms with van der Waals surface area (Å²) in [6.45, 7) is 12.9. The molecule has 1 spiro atoms. The van der Waals surface area contributed by atoms with E-state index in [-0.39, 0.29) is 17.1 Å². The van der Waals surface area contributed by atoms with Gasteiger partial charge < -0.3 is 14.6 Å². The Morgan fingerprint density at radius 1 is 1.14 bits per heavy atom. The summed E-state index contributed by atoms with van der Waals surface area (Å²) in [5.74, 6) is 3.27. The summed E-state index contributed by atoms with van der Waals surface area (Å²) < 4.78 is 13.4. The third-order valence-electron chi connectivity index (χ3n) is 13.2. The van der Waals surface area contributed by atoms with Gasteiger partial charge in [-0.25, -0.2) is 0 Å². The van der Waals surface area contributed by atoms with Crippen molar-refractivity contribution < 1.29 is 19.4 Å². The van der Waals surface area contributed by atoms with E-state index in [1.54, 1.807) is 5.57 Å². The van der Waals surface area contributed by atoms with E-state index >= 15 is 0 Å². The zero-order valence-corrected chi connectivity index (χ0v) is 24.1. The minimum atomic E-state index is -0.564. The van der Waals surface area contributed by atoms with Crippen molar-refractivity contribution in [3.05, 3.63) is 11.6 Å². The molecule has 1 N–H and O–H groups in total. The SMILES string of the molecule is CCCCC(C(=O)O)[C@H]1CC[C@@]2(C)C(=CCC3C2CC[C@@]2(C)C3C[C@@H]3O[C@]4(CC[C@@H](C)CO4)[C@@H](C)[C@@H]32)C1. The highest BCUT2D eigenvalue weighted by molar-refractivity contribution is 5.70. The van der Waals surface area contributed by atoms with Gasteiger partial charge >= 0.3 is 5.97 Å². The molecule has 0 aromatic heterocycles. The third kappa shape index (κ3) is 3.92. The first kappa shape index (κ1) is 26.4. The fourth-order valence-electron chi connectivity index (χ4n) is 11.0. The Hall–Kier alpha value is -0.870. The minimum Gasteiger partial charge on any atom is -0.481 e. The normalized spacial score (nSPS) is 51.5. The Bertz CT molecular complexity index is 917. The van der Waals surface area contributed by atoms with Crippen LogP contribution < -0.4 is 0 Å². The quantitative estimate of drug-likeness (QED) is 0.381. The molecule has 0 radical (unpaired) electrons. The average molecular weight is 513 g/mol. The van der Waals surface area contributed by atoms with Crippen molar-refractivity contribution in [1.82, 2.24) is 0 Å². The van der Waals surface area contributed by atoms with Gasteiger partial charge in [0, 0.05) is 12.3 Å². The summed E-state index contributed by atoms with van der Waals surface area (Å²) in [6.07, 6.45) is 16.6. The van der Waals surface area contributed by atoms with Crippen molar-refractivity contribution in [2.24, 2.45) is 58.2 Å². The van der Waals surface area contributed by atoms with Crippen molar-refractivity contribution in [2.75, 3.05) is 6.61 Å². The van der Waals surface area contributed by atoms with Crippen molar-refractivity contribution in [3.63, 3.8) is 0 Å². The first-order valence-electron chi connectivity index (χ1n) is 15.9. The molecule has 37 heavy (non-hydrogen) atoms. The number of ether oxygens (including phenoxy) is 2. The molecule has 6 aliphatic rings. The minimum absolute atomic E-state index is 0.164. The smallest absolute Gasteiger partial charge is 0.306 e. The van der Waals surface area contributed by atoms with Gasteiger partial charge in [0.25, 0.3) is 0 Å². The molecule has 4 nitrogen and oxygen atoms in total. The van der Waals surface area contributed by atoms with Crippen LogP contribution in [0.4, 0.5) is 0 Å². The van der Waals surface area contributed by atoms with E-state index in [1.807, 2.05) is 0 Å². The summed E-state index contributed by atoms with van der Waals surface area (Å²) >= 11 is 0. The van der Waals surface area contributed by atoms with Crippen LogP contribution in [0.5, 0.6) is 0 Å².